The Morgan fingerprint density at radius 1 is 1.17 bits per heavy atom. The number of hydrogen-bond donors (Lipinski definition) is 0. The number of halogens is 6. The number of hydrogen-bond acceptors (Lipinski definition) is 2. The molecule has 0 spiro atoms. The van der Waals surface area contributed by atoms with Crippen molar-refractivity contribution in [1.29, 1.82) is 0 Å². The first-order valence-corrected chi connectivity index (χ1v) is 6.26. The Hall–Kier alpha value is -0.540. The molecule has 1 heterocycles. The predicted molar refractivity (Wildman–Crippen MR) is 69.1 cm³/mol. The van der Waals surface area contributed by atoms with Crippen molar-refractivity contribution < 1.29 is 13.2 Å². The second kappa shape index (κ2) is 4.86. The van der Waals surface area contributed by atoms with Gasteiger partial charge >= 0.3 is 6.18 Å². The van der Waals surface area contributed by atoms with E-state index in [1.54, 1.807) is 0 Å². The van der Waals surface area contributed by atoms with E-state index in [4.69, 9.17) is 23.2 Å². The highest BCUT2D eigenvalue weighted by Crippen LogP contribution is 2.37. The van der Waals surface area contributed by atoms with E-state index in [1.165, 1.54) is 11.0 Å². The molecule has 0 aliphatic rings. The van der Waals surface area contributed by atoms with Crippen molar-refractivity contribution in [3.05, 3.63) is 37.9 Å². The number of nitrogens with zero attached hydrogens (tertiary/aromatic N) is 3. The van der Waals surface area contributed by atoms with Crippen LogP contribution in [0.25, 0.3) is 5.69 Å². The van der Waals surface area contributed by atoms with Crippen LogP contribution in [0.15, 0.2) is 18.5 Å². The summed E-state index contributed by atoms with van der Waals surface area (Å²) in [6.45, 7) is 0. The Labute approximate surface area is 123 Å². The third-order valence-corrected chi connectivity index (χ3v) is 3.11. The zero-order chi connectivity index (χ0) is 13.5. The van der Waals surface area contributed by atoms with Crippen LogP contribution in [0.5, 0.6) is 0 Å². The van der Waals surface area contributed by atoms with E-state index in [1.807, 2.05) is 22.6 Å². The van der Waals surface area contributed by atoms with Gasteiger partial charge in [-0.15, -0.1) is 5.10 Å². The summed E-state index contributed by atoms with van der Waals surface area (Å²) < 4.78 is 39.3. The predicted octanol–water partition coefficient (Wildman–Crippen LogP) is 4.20. The van der Waals surface area contributed by atoms with Crippen LogP contribution in [0.1, 0.15) is 5.56 Å². The molecule has 9 heteroatoms. The Bertz CT molecular complexity index is 574. The van der Waals surface area contributed by atoms with E-state index in [0.717, 1.165) is 12.1 Å². The van der Waals surface area contributed by atoms with E-state index in [2.05, 4.69) is 10.1 Å². The SMILES string of the molecule is FC(F)(F)c1cc(Cl)c(-n2cnc(I)n2)c(Cl)c1. The van der Waals surface area contributed by atoms with Gasteiger partial charge in [-0.3, -0.25) is 0 Å². The third kappa shape index (κ3) is 2.72. The molecule has 1 aromatic carbocycles. The Morgan fingerprint density at radius 3 is 2.11 bits per heavy atom. The van der Waals surface area contributed by atoms with Gasteiger partial charge in [0.15, 0.2) is 0 Å². The molecule has 0 unspecified atom stereocenters. The van der Waals surface area contributed by atoms with Gasteiger partial charge in [-0.1, -0.05) is 23.2 Å². The Morgan fingerprint density at radius 2 is 1.72 bits per heavy atom. The summed E-state index contributed by atoms with van der Waals surface area (Å²) in [7, 11) is 0. The highest BCUT2D eigenvalue weighted by Gasteiger charge is 2.32. The molecular weight excluding hydrogens is 405 g/mol. The van der Waals surface area contributed by atoms with Gasteiger partial charge < -0.3 is 0 Å². The molecule has 0 fully saturated rings. The van der Waals surface area contributed by atoms with Crippen LogP contribution in [-0.4, -0.2) is 14.8 Å². The van der Waals surface area contributed by atoms with Gasteiger partial charge in [0.2, 0.25) is 3.83 Å². The minimum Gasteiger partial charge on any atom is -0.217 e. The second-order valence-corrected chi connectivity index (χ2v) is 5.02. The zero-order valence-corrected chi connectivity index (χ0v) is 12.0. The monoisotopic (exact) mass is 407 g/mol. The molecular formula is C9H3Cl2F3IN3. The van der Waals surface area contributed by atoms with Gasteiger partial charge in [0, 0.05) is 22.6 Å². The summed E-state index contributed by atoms with van der Waals surface area (Å²) in [6.07, 6.45) is -3.18. The van der Waals surface area contributed by atoms with Crippen molar-refractivity contribution >= 4 is 45.8 Å². The molecule has 1 aromatic heterocycles. The normalized spacial score (nSPS) is 11.9. The number of aromatic nitrogens is 3. The fraction of sp³-hybridized carbons (Fsp3) is 0.111. The third-order valence-electron chi connectivity index (χ3n) is 2.04. The second-order valence-electron chi connectivity index (χ2n) is 3.24. The first-order valence-electron chi connectivity index (χ1n) is 4.43. The van der Waals surface area contributed by atoms with E-state index < -0.39 is 11.7 Å². The van der Waals surface area contributed by atoms with Gasteiger partial charge in [0.25, 0.3) is 0 Å². The highest BCUT2D eigenvalue weighted by molar-refractivity contribution is 14.1. The lowest BCUT2D eigenvalue weighted by molar-refractivity contribution is -0.137. The lowest BCUT2D eigenvalue weighted by atomic mass is 10.2. The summed E-state index contributed by atoms with van der Waals surface area (Å²) in [5, 5.41) is 3.65. The van der Waals surface area contributed by atoms with Gasteiger partial charge in [-0.2, -0.15) is 13.2 Å². The molecule has 0 aliphatic heterocycles. The standard InChI is InChI=1S/C9H3Cl2F3IN3/c10-5-1-4(9(12,13)14)2-6(11)7(5)18-3-16-8(15)17-18/h1-3H. The lowest BCUT2D eigenvalue weighted by Gasteiger charge is -2.11. The van der Waals surface area contributed by atoms with E-state index in [-0.39, 0.29) is 15.7 Å². The average molecular weight is 408 g/mol. The van der Waals surface area contributed by atoms with Gasteiger partial charge in [0.05, 0.1) is 15.6 Å². The molecule has 0 bridgehead atoms. The molecule has 0 aliphatic carbocycles. The van der Waals surface area contributed by atoms with Gasteiger partial charge in [-0.25, -0.2) is 9.67 Å². The minimum absolute atomic E-state index is 0.142. The van der Waals surface area contributed by atoms with Crippen molar-refractivity contribution in [2.45, 2.75) is 6.18 Å². The van der Waals surface area contributed by atoms with Gasteiger partial charge in [0.1, 0.15) is 12.0 Å². The molecule has 2 aromatic rings. The zero-order valence-electron chi connectivity index (χ0n) is 8.34. The summed E-state index contributed by atoms with van der Waals surface area (Å²) in [5.74, 6) is 0. The van der Waals surface area contributed by atoms with Crippen molar-refractivity contribution in [3.8, 4) is 5.69 Å². The van der Waals surface area contributed by atoms with Crippen LogP contribution >= 0.6 is 45.8 Å². The number of alkyl halides is 3. The fourth-order valence-corrected chi connectivity index (χ4v) is 2.32. The first kappa shape index (κ1) is 13.9. The summed E-state index contributed by atoms with van der Waals surface area (Å²) in [4.78, 5) is 3.85. The van der Waals surface area contributed by atoms with Crippen molar-refractivity contribution in [1.82, 2.24) is 14.8 Å². The summed E-state index contributed by atoms with van der Waals surface area (Å²) >= 11 is 13.5. The first-order chi connectivity index (χ1) is 8.29. The molecule has 96 valence electrons. The van der Waals surface area contributed by atoms with Crippen LogP contribution in [0.4, 0.5) is 13.2 Å². The molecule has 0 atom stereocenters. The van der Waals surface area contributed by atoms with Crippen LogP contribution in [0.3, 0.4) is 0 Å². The van der Waals surface area contributed by atoms with Crippen LogP contribution in [0.2, 0.25) is 10.0 Å². The van der Waals surface area contributed by atoms with Crippen LogP contribution in [-0.2, 0) is 6.18 Å². The number of rotatable bonds is 1. The topological polar surface area (TPSA) is 30.7 Å². The van der Waals surface area contributed by atoms with Gasteiger partial charge in [-0.05, 0) is 12.1 Å². The maximum Gasteiger partial charge on any atom is 0.416 e. The minimum atomic E-state index is -4.50. The largest absolute Gasteiger partial charge is 0.416 e. The van der Waals surface area contributed by atoms with Crippen LogP contribution < -0.4 is 0 Å². The van der Waals surface area contributed by atoms with Crippen molar-refractivity contribution in [2.75, 3.05) is 0 Å². The molecule has 3 nitrogen and oxygen atoms in total. The average Bonchev–Trinajstić information content (AvgIpc) is 2.62. The van der Waals surface area contributed by atoms with E-state index >= 15 is 0 Å². The summed E-state index contributed by atoms with van der Waals surface area (Å²) in [5.41, 5.74) is -0.738. The maximum absolute atomic E-state index is 12.5. The molecule has 0 saturated carbocycles. The molecule has 0 saturated heterocycles. The number of benzene rings is 1. The maximum atomic E-state index is 12.5. The van der Waals surface area contributed by atoms with Crippen LogP contribution in [0, 0.1) is 3.83 Å². The fourth-order valence-electron chi connectivity index (χ4n) is 1.30. The quantitative estimate of drug-likeness (QED) is 0.663. The Balaban J connectivity index is 2.58. The molecule has 0 N–H and O–H groups in total. The molecule has 18 heavy (non-hydrogen) atoms. The lowest BCUT2D eigenvalue weighted by Crippen LogP contribution is -2.07. The van der Waals surface area contributed by atoms with Crippen molar-refractivity contribution in [2.24, 2.45) is 0 Å². The van der Waals surface area contributed by atoms with E-state index in [0.29, 0.717) is 3.83 Å². The molecule has 2 rings (SSSR count). The summed E-state index contributed by atoms with van der Waals surface area (Å²) in [6, 6.07) is 1.61. The highest BCUT2D eigenvalue weighted by atomic mass is 127. The molecule has 0 radical (unpaired) electrons. The van der Waals surface area contributed by atoms with Crippen molar-refractivity contribution in [3.63, 3.8) is 0 Å². The smallest absolute Gasteiger partial charge is 0.217 e. The Kier molecular flexibility index (Phi) is 3.75. The molecule has 0 amide bonds. The van der Waals surface area contributed by atoms with E-state index in [9.17, 15) is 13.2 Å².